The minimum absolute atomic E-state index is 0.0273. The Bertz CT molecular complexity index is 1700. The summed E-state index contributed by atoms with van der Waals surface area (Å²) in [6, 6.07) is -0.136. The highest BCUT2D eigenvalue weighted by molar-refractivity contribution is 7.88. The molecular weight excluding hydrogens is 763 g/mol. The summed E-state index contributed by atoms with van der Waals surface area (Å²) < 4.78 is 63.8. The minimum atomic E-state index is -3.56. The molecule has 0 saturated carbocycles. The van der Waals surface area contributed by atoms with Crippen LogP contribution >= 0.6 is 0 Å². The van der Waals surface area contributed by atoms with Gasteiger partial charge in [0.25, 0.3) is 0 Å². The quantitative estimate of drug-likeness (QED) is 0.172. The molecule has 322 valence electrons. The van der Waals surface area contributed by atoms with Crippen LogP contribution in [0.4, 0.5) is 13.6 Å². The number of hydrogen-bond acceptors (Lipinski definition) is 8. The molecule has 14 nitrogen and oxygen atoms in total. The van der Waals surface area contributed by atoms with Crippen LogP contribution in [0.3, 0.4) is 0 Å². The molecule has 1 unspecified atom stereocenters. The first-order valence-electron chi connectivity index (χ1n) is 19.1. The summed E-state index contributed by atoms with van der Waals surface area (Å²) in [6.45, 7) is 14.7. The second-order valence-electron chi connectivity index (χ2n) is 17.0. The number of rotatable bonds is 17. The van der Waals surface area contributed by atoms with E-state index in [1.807, 2.05) is 34.6 Å². The predicted molar refractivity (Wildman–Crippen MR) is 215 cm³/mol. The molecule has 17 heteroatoms. The molecule has 1 aliphatic rings. The van der Waals surface area contributed by atoms with E-state index in [4.69, 9.17) is 9.47 Å². The number of methoxy groups -OCH3 is 2. The molecule has 1 saturated heterocycles. The number of nitrogens with zero attached hydrogens (tertiary/aromatic N) is 2. The zero-order chi connectivity index (χ0) is 43.5. The van der Waals surface area contributed by atoms with Crippen LogP contribution in [0.2, 0.25) is 0 Å². The van der Waals surface area contributed by atoms with Crippen molar-refractivity contribution in [3.05, 3.63) is 23.8 Å². The SMILES string of the molecule is COc1cc(CCNC(=O)[C@H](CC(F)F)NC(=O)[C@@H]2C(CC#CC(C)C)CCN2C(=O)[C@@H](NC(=O)N[C@H](CN(C)S(C)(=O)=O)C(C)(C)C)C(C)(C)C)cc(OC)c1. The van der Waals surface area contributed by atoms with Gasteiger partial charge in [-0.3, -0.25) is 14.4 Å². The smallest absolute Gasteiger partial charge is 0.315 e. The number of benzene rings is 1. The zero-order valence-corrected chi connectivity index (χ0v) is 36.4. The van der Waals surface area contributed by atoms with Gasteiger partial charge in [0.1, 0.15) is 29.6 Å². The number of carbonyl (C=O) groups is 4. The van der Waals surface area contributed by atoms with Crippen LogP contribution in [-0.4, -0.2) is 119 Å². The fraction of sp³-hybridized carbons (Fsp3) is 0.700. The highest BCUT2D eigenvalue weighted by Crippen LogP contribution is 2.32. The Morgan fingerprint density at radius 3 is 2.05 bits per heavy atom. The third kappa shape index (κ3) is 15.6. The number of likely N-dealkylation sites (N-methyl/N-ethyl adjacent to an activating group) is 1. The Kier molecular flexibility index (Phi) is 18.1. The second kappa shape index (κ2) is 21.0. The van der Waals surface area contributed by atoms with E-state index in [1.165, 1.54) is 26.2 Å². The summed E-state index contributed by atoms with van der Waals surface area (Å²) in [4.78, 5) is 56.9. The van der Waals surface area contributed by atoms with Gasteiger partial charge >= 0.3 is 6.03 Å². The summed E-state index contributed by atoms with van der Waals surface area (Å²) in [5.41, 5.74) is -0.697. The first-order chi connectivity index (χ1) is 26.3. The molecule has 0 radical (unpaired) electrons. The van der Waals surface area contributed by atoms with Gasteiger partial charge in [-0.05, 0) is 41.4 Å². The summed E-state index contributed by atoms with van der Waals surface area (Å²) in [6.07, 6.45) is -1.92. The molecule has 2 rings (SSSR count). The second-order valence-corrected chi connectivity index (χ2v) is 19.1. The van der Waals surface area contributed by atoms with Crippen molar-refractivity contribution in [3.8, 4) is 23.3 Å². The molecule has 1 heterocycles. The fourth-order valence-electron chi connectivity index (χ4n) is 6.27. The lowest BCUT2D eigenvalue weighted by atomic mass is 9.85. The number of alkyl halides is 2. The van der Waals surface area contributed by atoms with Crippen LogP contribution in [0.5, 0.6) is 11.5 Å². The molecule has 5 atom stereocenters. The van der Waals surface area contributed by atoms with Crippen molar-refractivity contribution >= 4 is 33.8 Å². The molecule has 0 aromatic heterocycles. The fourth-order valence-corrected chi connectivity index (χ4v) is 6.69. The molecule has 0 aliphatic carbocycles. The largest absolute Gasteiger partial charge is 0.497 e. The molecule has 1 aromatic carbocycles. The van der Waals surface area contributed by atoms with E-state index in [-0.39, 0.29) is 32.0 Å². The number of likely N-dealkylation sites (tertiary alicyclic amines) is 1. The third-order valence-corrected chi connectivity index (χ3v) is 11.0. The molecule has 0 bridgehead atoms. The van der Waals surface area contributed by atoms with E-state index in [1.54, 1.807) is 39.0 Å². The summed E-state index contributed by atoms with van der Waals surface area (Å²) in [7, 11) is 0.854. The highest BCUT2D eigenvalue weighted by atomic mass is 32.2. The van der Waals surface area contributed by atoms with Crippen LogP contribution in [0, 0.1) is 34.5 Å². The van der Waals surface area contributed by atoms with E-state index in [2.05, 4.69) is 33.1 Å². The van der Waals surface area contributed by atoms with Crippen LogP contribution in [-0.2, 0) is 30.8 Å². The molecular formula is C40H64F2N6O8S. The first-order valence-corrected chi connectivity index (χ1v) is 21.0. The molecule has 5 amide bonds. The number of urea groups is 1. The van der Waals surface area contributed by atoms with Crippen molar-refractivity contribution in [2.24, 2.45) is 22.7 Å². The van der Waals surface area contributed by atoms with Crippen LogP contribution in [0.1, 0.15) is 80.2 Å². The Balaban J connectivity index is 2.39. The lowest BCUT2D eigenvalue weighted by Gasteiger charge is -2.38. The molecule has 1 aliphatic heterocycles. The van der Waals surface area contributed by atoms with Gasteiger partial charge in [-0.15, -0.1) is 11.8 Å². The van der Waals surface area contributed by atoms with Gasteiger partial charge in [-0.25, -0.2) is 26.3 Å². The lowest BCUT2D eigenvalue weighted by molar-refractivity contribution is -0.143. The predicted octanol–water partition coefficient (Wildman–Crippen LogP) is 3.79. The summed E-state index contributed by atoms with van der Waals surface area (Å²) in [5, 5.41) is 10.8. The topological polar surface area (TPSA) is 175 Å². The maximum atomic E-state index is 14.5. The van der Waals surface area contributed by atoms with Gasteiger partial charge in [-0.2, -0.15) is 0 Å². The third-order valence-electron chi connectivity index (χ3n) is 9.75. The molecule has 1 fully saturated rings. The Hall–Kier alpha value is -4.17. The van der Waals surface area contributed by atoms with Gasteiger partial charge in [-0.1, -0.05) is 55.4 Å². The molecule has 57 heavy (non-hydrogen) atoms. The van der Waals surface area contributed by atoms with Crippen LogP contribution < -0.4 is 30.7 Å². The monoisotopic (exact) mass is 826 g/mol. The average molecular weight is 827 g/mol. The highest BCUT2D eigenvalue weighted by Gasteiger charge is 2.47. The van der Waals surface area contributed by atoms with Gasteiger partial charge in [0.15, 0.2) is 0 Å². The summed E-state index contributed by atoms with van der Waals surface area (Å²) >= 11 is 0. The standard InChI is InChI=1S/C40H64F2N6O8S/c1-25(2)14-13-15-27-17-19-48(37(51)34(40(6,7)8)46-38(52)45-31(39(3,4)5)24-47(9)57(12,53)54)33(27)36(50)44-30(23-32(41)42)35(49)43-18-16-26-20-28(55-10)22-29(21-26)56-11/h20-22,25,27,30-34H,15-19,23-24H2,1-12H3,(H,43,49)(H,44,50)(H2,45,46,52)/t27?,30-,31+,33-,34+/m0/s1. The number of sulfonamides is 1. The Morgan fingerprint density at radius 1 is 0.965 bits per heavy atom. The van der Waals surface area contributed by atoms with Gasteiger partial charge < -0.3 is 35.6 Å². The van der Waals surface area contributed by atoms with Crippen molar-refractivity contribution in [2.75, 3.05) is 47.2 Å². The maximum absolute atomic E-state index is 14.5. The minimum Gasteiger partial charge on any atom is -0.497 e. The van der Waals surface area contributed by atoms with Crippen molar-refractivity contribution in [3.63, 3.8) is 0 Å². The van der Waals surface area contributed by atoms with E-state index in [0.717, 1.165) is 16.1 Å². The lowest BCUT2D eigenvalue weighted by Crippen LogP contribution is -2.62. The molecule has 4 N–H and O–H groups in total. The Labute approximate surface area is 338 Å². The van der Waals surface area contributed by atoms with Crippen molar-refractivity contribution < 1.29 is 45.9 Å². The molecule has 0 spiro atoms. The van der Waals surface area contributed by atoms with Crippen molar-refractivity contribution in [2.45, 2.75) is 112 Å². The van der Waals surface area contributed by atoms with Crippen molar-refractivity contribution in [1.82, 2.24) is 30.5 Å². The van der Waals surface area contributed by atoms with E-state index >= 15 is 0 Å². The first kappa shape index (κ1) is 49.0. The van der Waals surface area contributed by atoms with Gasteiger partial charge in [0.05, 0.1) is 20.5 Å². The van der Waals surface area contributed by atoms with E-state index in [0.29, 0.717) is 24.3 Å². The number of ether oxygens (including phenoxy) is 2. The number of carbonyl (C=O) groups excluding carboxylic acids is 4. The molecule has 1 aromatic rings. The van der Waals surface area contributed by atoms with E-state index in [9.17, 15) is 36.4 Å². The van der Waals surface area contributed by atoms with Crippen LogP contribution in [0.15, 0.2) is 18.2 Å². The van der Waals surface area contributed by atoms with Crippen LogP contribution in [0.25, 0.3) is 0 Å². The average Bonchev–Trinajstić information content (AvgIpc) is 3.51. The maximum Gasteiger partial charge on any atom is 0.315 e. The van der Waals surface area contributed by atoms with Crippen molar-refractivity contribution in [1.29, 1.82) is 0 Å². The number of hydrogen-bond donors (Lipinski definition) is 4. The zero-order valence-electron chi connectivity index (χ0n) is 35.5. The van der Waals surface area contributed by atoms with E-state index < -0.39 is 87.5 Å². The Morgan fingerprint density at radius 2 is 1.56 bits per heavy atom. The summed E-state index contributed by atoms with van der Waals surface area (Å²) in [5.74, 6) is 4.59. The van der Waals surface area contributed by atoms with Gasteiger partial charge in [0.2, 0.25) is 34.2 Å². The normalized spacial score (nSPS) is 17.7. The number of amides is 5. The van der Waals surface area contributed by atoms with Gasteiger partial charge in [0, 0.05) is 63.5 Å². The number of halogens is 2. The number of nitrogens with one attached hydrogen (secondary N) is 4.